The predicted octanol–water partition coefficient (Wildman–Crippen LogP) is 4.59. The van der Waals surface area contributed by atoms with Gasteiger partial charge in [0.25, 0.3) is 5.69 Å². The summed E-state index contributed by atoms with van der Waals surface area (Å²) >= 11 is 0. The van der Waals surface area contributed by atoms with Crippen LogP contribution in [0.15, 0.2) is 88.3 Å². The maximum Gasteiger partial charge on any atom is 0.408 e. The summed E-state index contributed by atoms with van der Waals surface area (Å²) in [7, 11) is 0. The summed E-state index contributed by atoms with van der Waals surface area (Å²) in [4.78, 5) is 47.6. The summed E-state index contributed by atoms with van der Waals surface area (Å²) in [5, 5.41) is 13.5. The van der Waals surface area contributed by atoms with Gasteiger partial charge in [-0.2, -0.15) is 0 Å². The number of esters is 1. The van der Waals surface area contributed by atoms with E-state index in [1.807, 2.05) is 18.2 Å². The van der Waals surface area contributed by atoms with Crippen LogP contribution in [0.1, 0.15) is 12.5 Å². The first kappa shape index (κ1) is 24.1. The monoisotopic (exact) mass is 488 g/mol. The van der Waals surface area contributed by atoms with Gasteiger partial charge in [0.15, 0.2) is 5.43 Å². The Morgan fingerprint density at radius 1 is 1.06 bits per heavy atom. The molecule has 0 spiro atoms. The smallest absolute Gasteiger partial charge is 0.408 e. The Morgan fingerprint density at radius 3 is 2.47 bits per heavy atom. The van der Waals surface area contributed by atoms with Gasteiger partial charge in [-0.25, -0.2) is 9.59 Å². The van der Waals surface area contributed by atoms with E-state index in [9.17, 15) is 24.5 Å². The lowest BCUT2D eigenvalue weighted by Gasteiger charge is -2.13. The number of carbonyl (C=O) groups is 2. The summed E-state index contributed by atoms with van der Waals surface area (Å²) in [6.07, 6.45) is 0.469. The van der Waals surface area contributed by atoms with Crippen molar-refractivity contribution in [2.45, 2.75) is 19.6 Å². The summed E-state index contributed by atoms with van der Waals surface area (Å²) in [6, 6.07) is 17.9. The van der Waals surface area contributed by atoms with Gasteiger partial charge in [-0.1, -0.05) is 30.3 Å². The molecule has 1 aromatic heterocycles. The van der Waals surface area contributed by atoms with Crippen molar-refractivity contribution in [2.24, 2.45) is 0 Å². The zero-order valence-corrected chi connectivity index (χ0v) is 19.0. The largest absolute Gasteiger partial charge is 0.463 e. The van der Waals surface area contributed by atoms with Crippen molar-refractivity contribution in [1.29, 1.82) is 0 Å². The number of nitrogens with one attached hydrogen (secondary N) is 1. The fraction of sp³-hybridized carbons (Fsp3) is 0.115. The zero-order valence-electron chi connectivity index (χ0n) is 19.0. The highest BCUT2D eigenvalue weighted by atomic mass is 16.6. The number of hydrogen-bond acceptors (Lipinski definition) is 8. The van der Waals surface area contributed by atoms with Crippen molar-refractivity contribution in [3.05, 3.63) is 105 Å². The first-order valence-corrected chi connectivity index (χ1v) is 10.8. The van der Waals surface area contributed by atoms with Crippen molar-refractivity contribution < 1.29 is 28.4 Å². The average molecular weight is 488 g/mol. The molecule has 36 heavy (non-hydrogen) atoms. The Morgan fingerprint density at radius 2 is 1.78 bits per heavy atom. The number of nitro benzene ring substituents is 1. The van der Waals surface area contributed by atoms with E-state index in [1.54, 1.807) is 12.1 Å². The standard InChI is InChI=1S/C26H20N2O8/c1-16(27-26(31)35-14-17-5-3-2-4-6-17)25(30)36-20-11-12-21-23(13-20)34-15-22(24(21)29)18-7-9-19(10-8-18)28(32)33/h2-13,15-16H,14H2,1H3,(H,27,31)/t16-/m0/s1. The maximum absolute atomic E-state index is 12.9. The molecule has 0 saturated heterocycles. The molecule has 0 unspecified atom stereocenters. The van der Waals surface area contributed by atoms with E-state index in [0.29, 0.717) is 5.56 Å². The third-order valence-corrected chi connectivity index (χ3v) is 5.25. The van der Waals surface area contributed by atoms with E-state index in [2.05, 4.69) is 5.32 Å². The molecule has 0 aliphatic rings. The van der Waals surface area contributed by atoms with E-state index in [0.717, 1.165) is 5.56 Å². The number of amides is 1. The normalized spacial score (nSPS) is 11.5. The molecule has 4 aromatic rings. The summed E-state index contributed by atoms with van der Waals surface area (Å²) in [5.74, 6) is -0.624. The van der Waals surface area contributed by atoms with E-state index in [1.165, 1.54) is 55.7 Å². The summed E-state index contributed by atoms with van der Waals surface area (Å²) in [6.45, 7) is 1.50. The number of nitro groups is 1. The van der Waals surface area contributed by atoms with Gasteiger partial charge in [0.2, 0.25) is 0 Å². The van der Waals surface area contributed by atoms with Crippen LogP contribution in [0.3, 0.4) is 0 Å². The molecule has 0 radical (unpaired) electrons. The third-order valence-electron chi connectivity index (χ3n) is 5.25. The van der Waals surface area contributed by atoms with E-state index < -0.39 is 23.0 Å². The molecule has 182 valence electrons. The van der Waals surface area contributed by atoms with Gasteiger partial charge < -0.3 is 19.2 Å². The highest BCUT2D eigenvalue weighted by Crippen LogP contribution is 2.25. The van der Waals surface area contributed by atoms with Crippen LogP contribution in [-0.2, 0) is 16.1 Å². The number of non-ortho nitro benzene ring substituents is 1. The van der Waals surface area contributed by atoms with Gasteiger partial charge in [-0.15, -0.1) is 0 Å². The molecule has 0 aliphatic heterocycles. The lowest BCUT2D eigenvalue weighted by molar-refractivity contribution is -0.384. The van der Waals surface area contributed by atoms with Crippen molar-refractivity contribution >= 4 is 28.7 Å². The molecule has 10 nitrogen and oxygen atoms in total. The van der Waals surface area contributed by atoms with Gasteiger partial charge in [0.05, 0.1) is 15.9 Å². The van der Waals surface area contributed by atoms with E-state index >= 15 is 0 Å². The quantitative estimate of drug-likeness (QED) is 0.173. The van der Waals surface area contributed by atoms with Crippen LogP contribution >= 0.6 is 0 Å². The Kier molecular flexibility index (Phi) is 7.05. The number of ether oxygens (including phenoxy) is 2. The van der Waals surface area contributed by atoms with Crippen LogP contribution in [0.2, 0.25) is 0 Å². The lowest BCUT2D eigenvalue weighted by Crippen LogP contribution is -2.41. The molecule has 1 amide bonds. The van der Waals surface area contributed by atoms with Crippen molar-refractivity contribution in [1.82, 2.24) is 5.32 Å². The molecule has 1 heterocycles. The Bertz CT molecular complexity index is 1480. The Labute approximate surface area is 204 Å². The molecule has 0 fully saturated rings. The zero-order chi connectivity index (χ0) is 25.7. The number of nitrogens with zero attached hydrogens (tertiary/aromatic N) is 1. The number of hydrogen-bond donors (Lipinski definition) is 1. The van der Waals surface area contributed by atoms with Crippen LogP contribution in [0.5, 0.6) is 5.75 Å². The van der Waals surface area contributed by atoms with Gasteiger partial charge in [0.1, 0.15) is 30.2 Å². The molecule has 0 bridgehead atoms. The summed E-state index contributed by atoms with van der Waals surface area (Å²) < 4.78 is 16.0. The molecule has 4 rings (SSSR count). The van der Waals surface area contributed by atoms with Gasteiger partial charge >= 0.3 is 12.1 Å². The minimum atomic E-state index is -1.000. The van der Waals surface area contributed by atoms with Crippen LogP contribution < -0.4 is 15.5 Å². The van der Waals surface area contributed by atoms with Gasteiger partial charge in [0, 0.05) is 18.2 Å². The fourth-order valence-corrected chi connectivity index (χ4v) is 3.34. The molecular weight excluding hydrogens is 468 g/mol. The van der Waals surface area contributed by atoms with Crippen molar-refractivity contribution in [3.8, 4) is 16.9 Å². The molecule has 10 heteroatoms. The topological polar surface area (TPSA) is 138 Å². The van der Waals surface area contributed by atoms with Gasteiger partial charge in [-0.3, -0.25) is 14.9 Å². The highest BCUT2D eigenvalue weighted by molar-refractivity contribution is 5.85. The van der Waals surface area contributed by atoms with E-state index in [-0.39, 0.29) is 40.0 Å². The molecule has 3 aromatic carbocycles. The second kappa shape index (κ2) is 10.5. The van der Waals surface area contributed by atoms with Crippen LogP contribution in [0.4, 0.5) is 10.5 Å². The first-order valence-electron chi connectivity index (χ1n) is 10.8. The van der Waals surface area contributed by atoms with Gasteiger partial charge in [-0.05, 0) is 42.3 Å². The lowest BCUT2D eigenvalue weighted by atomic mass is 10.1. The van der Waals surface area contributed by atoms with Crippen LogP contribution in [-0.4, -0.2) is 23.0 Å². The highest BCUT2D eigenvalue weighted by Gasteiger charge is 2.19. The minimum absolute atomic E-state index is 0.0556. The van der Waals surface area contributed by atoms with Crippen molar-refractivity contribution in [3.63, 3.8) is 0 Å². The number of carbonyl (C=O) groups excluding carboxylic acids is 2. The number of rotatable bonds is 7. The van der Waals surface area contributed by atoms with E-state index in [4.69, 9.17) is 13.9 Å². The average Bonchev–Trinajstić information content (AvgIpc) is 2.88. The summed E-state index contributed by atoms with van der Waals surface area (Å²) in [5.41, 5.74) is 1.23. The van der Waals surface area contributed by atoms with Crippen molar-refractivity contribution in [2.75, 3.05) is 0 Å². The first-order chi connectivity index (χ1) is 17.3. The number of alkyl carbamates (subject to hydrolysis) is 1. The van der Waals surface area contributed by atoms with Crippen LogP contribution in [0, 0.1) is 10.1 Å². The Hall–Kier alpha value is -4.99. The maximum atomic E-state index is 12.9. The number of fused-ring (bicyclic) bond motifs is 1. The predicted molar refractivity (Wildman–Crippen MR) is 129 cm³/mol. The molecular formula is C26H20N2O8. The Balaban J connectivity index is 1.41. The van der Waals surface area contributed by atoms with Crippen LogP contribution in [0.25, 0.3) is 22.1 Å². The second-order valence-electron chi connectivity index (χ2n) is 7.79. The third kappa shape index (κ3) is 5.55. The molecule has 0 saturated carbocycles. The molecule has 1 atom stereocenters. The minimum Gasteiger partial charge on any atom is -0.463 e. The molecule has 0 aliphatic carbocycles. The number of benzene rings is 3. The SMILES string of the molecule is C[C@H](NC(=O)OCc1ccccc1)C(=O)Oc1ccc2c(=O)c(-c3ccc([N+](=O)[O-])cc3)coc2c1. The second-order valence-corrected chi connectivity index (χ2v) is 7.79. The fourth-order valence-electron chi connectivity index (χ4n) is 3.34. The molecule has 1 N–H and O–H groups in total.